The first-order chi connectivity index (χ1) is 16.5. The van der Waals surface area contributed by atoms with Crippen LogP contribution in [0, 0.1) is 6.92 Å². The van der Waals surface area contributed by atoms with E-state index in [-0.39, 0.29) is 21.5 Å². The number of alkyl halides is 3. The van der Waals surface area contributed by atoms with Gasteiger partial charge < -0.3 is 14.4 Å². The summed E-state index contributed by atoms with van der Waals surface area (Å²) in [4.78, 5) is 3.98. The zero-order valence-corrected chi connectivity index (χ0v) is 20.5. The molecular weight excluding hydrogens is 528 g/mol. The average Bonchev–Trinajstić information content (AvgIpc) is 3.20. The Kier molecular flexibility index (Phi) is 8.22. The molecule has 4 rings (SSSR count). The second kappa shape index (κ2) is 10.8. The van der Waals surface area contributed by atoms with Crippen LogP contribution in [0.25, 0.3) is 16.6 Å². The number of aliphatic hydroxyl groups excluding tert-OH is 1. The van der Waals surface area contributed by atoms with Gasteiger partial charge in [-0.05, 0) is 42.8 Å². The van der Waals surface area contributed by atoms with Gasteiger partial charge >= 0.3 is 17.7 Å². The topological polar surface area (TPSA) is 81.4 Å². The molecule has 0 spiro atoms. The van der Waals surface area contributed by atoms with Crippen LogP contribution in [0.4, 0.5) is 13.2 Å². The van der Waals surface area contributed by atoms with Gasteiger partial charge in [0.15, 0.2) is 0 Å². The molecule has 184 valence electrons. The Morgan fingerprint density at radius 2 is 1.74 bits per heavy atom. The van der Waals surface area contributed by atoms with Gasteiger partial charge in [-0.25, -0.2) is 4.98 Å². The van der Waals surface area contributed by atoms with E-state index in [9.17, 15) is 18.3 Å². The van der Waals surface area contributed by atoms with Crippen LogP contribution >= 0.6 is 23.2 Å². The standard InChI is InChI=1S/C23H17Cl2F3N2O2.O2S/c1-12-8-13(23(26,27)28)9-17-15(12)10-18(30(17)14-6-4-3-5-7-14)21(31)19-16(24)11-29-22(32-2)20(19)25;1-3-2/h3-11,21,31H,1-2H3;. The number of halogens is 5. The van der Waals surface area contributed by atoms with Crippen molar-refractivity contribution in [3.8, 4) is 11.6 Å². The molecule has 0 fully saturated rings. The number of aliphatic hydroxyl groups is 1. The number of para-hydroxylation sites is 1. The maximum atomic E-state index is 13.5. The first-order valence-corrected chi connectivity index (χ1v) is 11.2. The first-order valence-electron chi connectivity index (χ1n) is 9.81. The van der Waals surface area contributed by atoms with Crippen LogP contribution in [-0.4, -0.2) is 30.2 Å². The summed E-state index contributed by atoms with van der Waals surface area (Å²) in [5.41, 5.74) is 0.955. The summed E-state index contributed by atoms with van der Waals surface area (Å²) in [6.45, 7) is 1.60. The Bertz CT molecular complexity index is 1410. The van der Waals surface area contributed by atoms with Crippen molar-refractivity contribution in [2.45, 2.75) is 19.2 Å². The zero-order chi connectivity index (χ0) is 25.9. The van der Waals surface area contributed by atoms with Crippen LogP contribution in [0.1, 0.15) is 28.5 Å². The van der Waals surface area contributed by atoms with Gasteiger partial charge in [0.25, 0.3) is 0 Å². The Morgan fingerprint density at radius 1 is 1.11 bits per heavy atom. The number of nitrogens with zero attached hydrogens (tertiary/aromatic N) is 2. The van der Waals surface area contributed by atoms with E-state index in [0.717, 1.165) is 12.1 Å². The largest absolute Gasteiger partial charge is 0.480 e. The average molecular weight is 545 g/mol. The fraction of sp³-hybridized carbons (Fsp3) is 0.174. The third kappa shape index (κ3) is 5.35. The van der Waals surface area contributed by atoms with Crippen molar-refractivity contribution in [1.82, 2.24) is 9.55 Å². The number of aromatic nitrogens is 2. The summed E-state index contributed by atoms with van der Waals surface area (Å²) in [7, 11) is 1.38. The van der Waals surface area contributed by atoms with E-state index < -0.39 is 29.4 Å². The molecule has 1 unspecified atom stereocenters. The number of benzene rings is 2. The highest BCUT2D eigenvalue weighted by molar-refractivity contribution is 7.51. The lowest BCUT2D eigenvalue weighted by Crippen LogP contribution is -2.10. The fourth-order valence-corrected chi connectivity index (χ4v) is 4.36. The summed E-state index contributed by atoms with van der Waals surface area (Å²) in [6, 6.07) is 12.6. The van der Waals surface area contributed by atoms with E-state index >= 15 is 0 Å². The third-order valence-corrected chi connectivity index (χ3v) is 5.89. The predicted molar refractivity (Wildman–Crippen MR) is 127 cm³/mol. The molecule has 2 heterocycles. The molecule has 0 bridgehead atoms. The smallest absolute Gasteiger partial charge is 0.416 e. The van der Waals surface area contributed by atoms with Crippen molar-refractivity contribution in [2.75, 3.05) is 7.11 Å². The second-order valence-electron chi connectivity index (χ2n) is 7.28. The van der Waals surface area contributed by atoms with Crippen LogP contribution in [0.15, 0.2) is 54.7 Å². The van der Waals surface area contributed by atoms with Crippen molar-refractivity contribution in [2.24, 2.45) is 0 Å². The Hall–Kier alpha value is -2.92. The number of pyridine rings is 1. The molecule has 2 aromatic heterocycles. The second-order valence-corrected chi connectivity index (χ2v) is 8.20. The number of methoxy groups -OCH3 is 1. The molecule has 0 aliphatic carbocycles. The van der Waals surface area contributed by atoms with Gasteiger partial charge in [-0.1, -0.05) is 41.4 Å². The molecule has 1 atom stereocenters. The molecule has 0 saturated heterocycles. The van der Waals surface area contributed by atoms with Gasteiger partial charge in [-0.3, -0.25) is 0 Å². The van der Waals surface area contributed by atoms with E-state index in [1.54, 1.807) is 47.9 Å². The molecule has 12 heteroatoms. The molecule has 1 N–H and O–H groups in total. The lowest BCUT2D eigenvalue weighted by Gasteiger charge is -2.19. The molecule has 2 aromatic carbocycles. The number of hydrogen-bond donors (Lipinski definition) is 1. The molecule has 35 heavy (non-hydrogen) atoms. The van der Waals surface area contributed by atoms with Crippen molar-refractivity contribution >= 4 is 45.7 Å². The Morgan fingerprint density at radius 3 is 2.31 bits per heavy atom. The monoisotopic (exact) mass is 544 g/mol. The minimum Gasteiger partial charge on any atom is -0.480 e. The molecule has 0 saturated carbocycles. The van der Waals surface area contributed by atoms with Crippen LogP contribution in [0.5, 0.6) is 5.88 Å². The minimum atomic E-state index is -4.52. The molecular formula is C23H17Cl2F3N2O4S. The summed E-state index contributed by atoms with van der Waals surface area (Å²) in [6.07, 6.45) is -4.59. The van der Waals surface area contributed by atoms with Crippen molar-refractivity contribution < 1.29 is 31.4 Å². The van der Waals surface area contributed by atoms with E-state index in [1.165, 1.54) is 13.3 Å². The fourth-order valence-electron chi connectivity index (χ4n) is 3.74. The highest BCUT2D eigenvalue weighted by Gasteiger charge is 2.33. The zero-order valence-electron chi connectivity index (χ0n) is 18.1. The normalized spacial score (nSPS) is 12.1. The van der Waals surface area contributed by atoms with E-state index in [1.807, 2.05) is 0 Å². The summed E-state index contributed by atoms with van der Waals surface area (Å²) >= 11 is 11.9. The van der Waals surface area contributed by atoms with Crippen LogP contribution in [0.2, 0.25) is 10.0 Å². The quantitative estimate of drug-likeness (QED) is 0.336. The molecule has 4 aromatic rings. The predicted octanol–water partition coefficient (Wildman–Crippen LogP) is 6.08. The molecule has 6 nitrogen and oxygen atoms in total. The molecule has 0 radical (unpaired) electrons. The third-order valence-electron chi connectivity index (χ3n) is 5.22. The van der Waals surface area contributed by atoms with Crippen molar-refractivity contribution in [3.63, 3.8) is 0 Å². The SMILES string of the molecule is COc1ncc(Cl)c(C(O)c2cc3c(C)cc(C(F)(F)F)cc3n2-c2ccccc2)c1Cl.O=S=O. The number of ether oxygens (including phenoxy) is 1. The first kappa shape index (κ1) is 26.7. The van der Waals surface area contributed by atoms with Crippen molar-refractivity contribution in [3.05, 3.63) is 87.2 Å². The highest BCUT2D eigenvalue weighted by Crippen LogP contribution is 2.42. The van der Waals surface area contributed by atoms with E-state index in [4.69, 9.17) is 36.4 Å². The molecule has 0 amide bonds. The minimum absolute atomic E-state index is 0.0186. The summed E-state index contributed by atoms with van der Waals surface area (Å²) in [5.74, 6) is 0.0722. The lowest BCUT2D eigenvalue weighted by atomic mass is 10.0. The number of fused-ring (bicyclic) bond motifs is 1. The maximum absolute atomic E-state index is 13.5. The number of aryl methyl sites for hydroxylation is 1. The van der Waals surface area contributed by atoms with E-state index in [0.29, 0.717) is 27.8 Å². The van der Waals surface area contributed by atoms with Gasteiger partial charge in [0.2, 0.25) is 5.88 Å². The highest BCUT2D eigenvalue weighted by atomic mass is 35.5. The Labute approximate surface area is 211 Å². The van der Waals surface area contributed by atoms with Gasteiger partial charge in [-0.2, -0.15) is 21.6 Å². The van der Waals surface area contributed by atoms with Gasteiger partial charge in [0.05, 0.1) is 35.1 Å². The molecule has 0 aliphatic heterocycles. The van der Waals surface area contributed by atoms with E-state index in [2.05, 4.69) is 4.98 Å². The molecule has 0 aliphatic rings. The maximum Gasteiger partial charge on any atom is 0.416 e. The Balaban J connectivity index is 0.00000108. The lowest BCUT2D eigenvalue weighted by molar-refractivity contribution is -0.137. The summed E-state index contributed by atoms with van der Waals surface area (Å²) < 4.78 is 63.9. The van der Waals surface area contributed by atoms with Crippen LogP contribution in [0.3, 0.4) is 0 Å². The summed E-state index contributed by atoms with van der Waals surface area (Å²) in [5, 5.41) is 12.0. The van der Waals surface area contributed by atoms with Crippen LogP contribution < -0.4 is 4.74 Å². The number of rotatable bonds is 4. The number of hydrogen-bond acceptors (Lipinski definition) is 5. The van der Waals surface area contributed by atoms with Gasteiger partial charge in [-0.15, -0.1) is 0 Å². The van der Waals surface area contributed by atoms with Gasteiger partial charge in [0, 0.05) is 16.6 Å². The van der Waals surface area contributed by atoms with Crippen molar-refractivity contribution in [1.29, 1.82) is 0 Å². The van der Waals surface area contributed by atoms with Gasteiger partial charge in [0.1, 0.15) is 11.1 Å². The van der Waals surface area contributed by atoms with Crippen LogP contribution in [-0.2, 0) is 17.7 Å².